The van der Waals surface area contributed by atoms with Gasteiger partial charge >= 0.3 is 5.97 Å². The Balaban J connectivity index is 0. The molecule has 0 radical (unpaired) electrons. The average Bonchev–Trinajstić information content (AvgIpc) is 2.14. The zero-order valence-corrected chi connectivity index (χ0v) is 8.85. The van der Waals surface area contributed by atoms with E-state index in [2.05, 4.69) is 18.6 Å². The zero-order valence-electron chi connectivity index (χ0n) is 8.85. The number of methoxy groups -OCH3 is 1. The quantitative estimate of drug-likeness (QED) is 0.483. The molecule has 0 rings (SSSR count). The van der Waals surface area contributed by atoms with Crippen LogP contribution in [0.1, 0.15) is 52.9 Å². The minimum Gasteiger partial charge on any atom is -0.469 e. The smallest absolute Gasteiger partial charge is 0.305 e. The van der Waals surface area contributed by atoms with Gasteiger partial charge in [0.25, 0.3) is 0 Å². The summed E-state index contributed by atoms with van der Waals surface area (Å²) >= 11 is 0. The van der Waals surface area contributed by atoms with Crippen molar-refractivity contribution in [3.05, 3.63) is 0 Å². The van der Waals surface area contributed by atoms with Crippen LogP contribution in [-0.4, -0.2) is 13.1 Å². The number of carbonyl (C=O) groups excluding carboxylic acids is 1. The number of esters is 1. The van der Waals surface area contributed by atoms with Crippen LogP contribution in [0, 0.1) is 0 Å². The number of rotatable bonds is 4. The highest BCUT2D eigenvalue weighted by Gasteiger charge is 1.87. The van der Waals surface area contributed by atoms with Crippen LogP contribution in [0.25, 0.3) is 0 Å². The zero-order chi connectivity index (χ0) is 9.82. The second-order valence-corrected chi connectivity index (χ2v) is 2.64. The molecular weight excluding hydrogens is 152 g/mol. The first-order valence-corrected chi connectivity index (χ1v) is 4.79. The van der Waals surface area contributed by atoms with E-state index in [9.17, 15) is 4.79 Å². The highest BCUT2D eigenvalue weighted by Crippen LogP contribution is 1.95. The lowest BCUT2D eigenvalue weighted by molar-refractivity contribution is -0.140. The summed E-state index contributed by atoms with van der Waals surface area (Å²) < 4.78 is 4.26. The fourth-order valence-corrected chi connectivity index (χ4v) is 0.644. The van der Waals surface area contributed by atoms with Crippen LogP contribution >= 0.6 is 0 Å². The van der Waals surface area contributed by atoms with Gasteiger partial charge in [0.1, 0.15) is 0 Å². The third-order valence-corrected chi connectivity index (χ3v) is 1.47. The van der Waals surface area contributed by atoms with Crippen LogP contribution in [0.4, 0.5) is 0 Å². The summed E-state index contributed by atoms with van der Waals surface area (Å²) in [6.07, 6.45) is 6.01. The highest BCUT2D eigenvalue weighted by molar-refractivity contribution is 5.68. The summed E-state index contributed by atoms with van der Waals surface area (Å²) in [5.41, 5.74) is 0. The van der Waals surface area contributed by atoms with Crippen LogP contribution < -0.4 is 0 Å². The van der Waals surface area contributed by atoms with Crippen LogP contribution in [0.5, 0.6) is 0 Å². The molecule has 0 aromatic heterocycles. The van der Waals surface area contributed by atoms with Crippen molar-refractivity contribution in [2.75, 3.05) is 7.11 Å². The van der Waals surface area contributed by atoms with E-state index in [0.29, 0.717) is 6.42 Å². The van der Waals surface area contributed by atoms with E-state index in [1.807, 2.05) is 0 Å². The Bertz CT molecular complexity index is 79.8. The molecule has 0 unspecified atom stereocenters. The first-order chi connectivity index (χ1) is 5.72. The molecule has 0 aromatic rings. The van der Waals surface area contributed by atoms with Gasteiger partial charge in [0.2, 0.25) is 0 Å². The number of unbranched alkanes of at least 4 members (excludes halogenated alkanes) is 3. The molecule has 74 valence electrons. The predicted molar refractivity (Wildman–Crippen MR) is 52.1 cm³/mol. The molecule has 0 saturated carbocycles. The Morgan fingerprint density at radius 1 is 1.08 bits per heavy atom. The van der Waals surface area contributed by atoms with E-state index < -0.39 is 0 Å². The van der Waals surface area contributed by atoms with E-state index in [0.717, 1.165) is 0 Å². The Hall–Kier alpha value is -0.530. The maximum absolute atomic E-state index is 9.96. The second-order valence-electron chi connectivity index (χ2n) is 2.64. The monoisotopic (exact) mass is 174 g/mol. The Morgan fingerprint density at radius 3 is 1.58 bits per heavy atom. The first-order valence-electron chi connectivity index (χ1n) is 4.79. The van der Waals surface area contributed by atoms with E-state index in [1.165, 1.54) is 32.8 Å². The molecule has 0 aromatic carbocycles. The third kappa shape index (κ3) is 16.2. The lowest BCUT2D eigenvalue weighted by atomic mass is 10.2. The standard InChI is InChI=1S/C6H14.C4H8O2/c1-3-5-6-4-2;1-3-4(5)6-2/h3-6H2,1-2H3;3H2,1-2H3. The Kier molecular flexibility index (Phi) is 15.3. The van der Waals surface area contributed by atoms with Gasteiger partial charge in [-0.25, -0.2) is 0 Å². The summed E-state index contributed by atoms with van der Waals surface area (Å²) in [6, 6.07) is 0. The van der Waals surface area contributed by atoms with Crippen molar-refractivity contribution in [3.8, 4) is 0 Å². The molecule has 0 aliphatic rings. The van der Waals surface area contributed by atoms with Crippen molar-refractivity contribution in [2.45, 2.75) is 52.9 Å². The average molecular weight is 174 g/mol. The molecule has 0 atom stereocenters. The molecule has 0 saturated heterocycles. The topological polar surface area (TPSA) is 26.3 Å². The van der Waals surface area contributed by atoms with Crippen LogP contribution in [-0.2, 0) is 9.53 Å². The Labute approximate surface area is 76.3 Å². The second kappa shape index (κ2) is 13.1. The fourth-order valence-electron chi connectivity index (χ4n) is 0.644. The number of hydrogen-bond acceptors (Lipinski definition) is 2. The molecule has 0 N–H and O–H groups in total. The van der Waals surface area contributed by atoms with E-state index in [-0.39, 0.29) is 5.97 Å². The highest BCUT2D eigenvalue weighted by atomic mass is 16.5. The van der Waals surface area contributed by atoms with Crippen molar-refractivity contribution >= 4 is 5.97 Å². The van der Waals surface area contributed by atoms with Crippen LogP contribution in [0.15, 0.2) is 0 Å². The summed E-state index contributed by atoms with van der Waals surface area (Å²) in [5, 5.41) is 0. The van der Waals surface area contributed by atoms with Crippen molar-refractivity contribution in [3.63, 3.8) is 0 Å². The predicted octanol–water partition coefficient (Wildman–Crippen LogP) is 3.16. The molecule has 12 heavy (non-hydrogen) atoms. The maximum Gasteiger partial charge on any atom is 0.305 e. The minimum atomic E-state index is -0.157. The molecule has 0 aliphatic carbocycles. The minimum absolute atomic E-state index is 0.157. The SMILES string of the molecule is CCC(=O)OC.CCCCCC. The summed E-state index contributed by atoms with van der Waals surface area (Å²) in [7, 11) is 1.38. The fraction of sp³-hybridized carbons (Fsp3) is 0.900. The molecule has 0 spiro atoms. The summed E-state index contributed by atoms with van der Waals surface area (Å²) in [5.74, 6) is -0.157. The van der Waals surface area contributed by atoms with Crippen molar-refractivity contribution in [2.24, 2.45) is 0 Å². The molecule has 2 heteroatoms. The van der Waals surface area contributed by atoms with Gasteiger partial charge < -0.3 is 4.74 Å². The van der Waals surface area contributed by atoms with Gasteiger partial charge in [-0.05, 0) is 0 Å². The van der Waals surface area contributed by atoms with E-state index in [4.69, 9.17) is 0 Å². The van der Waals surface area contributed by atoms with Crippen LogP contribution in [0.3, 0.4) is 0 Å². The largest absolute Gasteiger partial charge is 0.469 e. The number of carbonyl (C=O) groups is 1. The van der Waals surface area contributed by atoms with Crippen molar-refractivity contribution in [1.82, 2.24) is 0 Å². The molecule has 2 nitrogen and oxygen atoms in total. The van der Waals surface area contributed by atoms with E-state index >= 15 is 0 Å². The molecule has 0 aliphatic heterocycles. The maximum atomic E-state index is 9.96. The first kappa shape index (κ1) is 14.0. The number of ether oxygens (including phenoxy) is 1. The lowest BCUT2D eigenvalue weighted by Crippen LogP contribution is -1.94. The van der Waals surface area contributed by atoms with Crippen LogP contribution in [0.2, 0.25) is 0 Å². The van der Waals surface area contributed by atoms with E-state index in [1.54, 1.807) is 6.92 Å². The van der Waals surface area contributed by atoms with Gasteiger partial charge in [-0.15, -0.1) is 0 Å². The summed E-state index contributed by atoms with van der Waals surface area (Å²) in [6.45, 7) is 6.22. The van der Waals surface area contributed by atoms with Gasteiger partial charge in [-0.1, -0.05) is 46.5 Å². The van der Waals surface area contributed by atoms with Gasteiger partial charge in [-0.3, -0.25) is 4.79 Å². The van der Waals surface area contributed by atoms with Gasteiger partial charge in [0.15, 0.2) is 0 Å². The van der Waals surface area contributed by atoms with Crippen molar-refractivity contribution in [1.29, 1.82) is 0 Å². The third-order valence-electron chi connectivity index (χ3n) is 1.47. The molecule has 0 fully saturated rings. The normalized spacial score (nSPS) is 8.33. The lowest BCUT2D eigenvalue weighted by Gasteiger charge is -1.87. The van der Waals surface area contributed by atoms with Gasteiger partial charge in [0.05, 0.1) is 7.11 Å². The Morgan fingerprint density at radius 2 is 1.50 bits per heavy atom. The molecule has 0 heterocycles. The van der Waals surface area contributed by atoms with Crippen molar-refractivity contribution < 1.29 is 9.53 Å². The summed E-state index contributed by atoms with van der Waals surface area (Å²) in [4.78, 5) is 9.96. The molecule has 0 bridgehead atoms. The molecular formula is C10H22O2. The van der Waals surface area contributed by atoms with Gasteiger partial charge in [0, 0.05) is 6.42 Å². The number of hydrogen-bond donors (Lipinski definition) is 0. The molecule has 0 amide bonds. The van der Waals surface area contributed by atoms with Gasteiger partial charge in [-0.2, -0.15) is 0 Å².